The van der Waals surface area contributed by atoms with Crippen LogP contribution in [0.15, 0.2) is 76.6 Å². The van der Waals surface area contributed by atoms with Gasteiger partial charge in [-0.05, 0) is 36.4 Å². The Kier molecular flexibility index (Phi) is 6.36. The Hall–Kier alpha value is -3.23. The maximum atomic E-state index is 12.6. The molecular weight excluding hydrogens is 418 g/mol. The average molecular weight is 436 g/mol. The molecule has 2 heterocycles. The van der Waals surface area contributed by atoms with Crippen molar-refractivity contribution in [3.8, 4) is 0 Å². The van der Waals surface area contributed by atoms with E-state index >= 15 is 0 Å². The second-order valence-corrected chi connectivity index (χ2v) is 8.00. The first-order valence-corrected chi connectivity index (χ1v) is 11.0. The number of esters is 1. The molecule has 0 radical (unpaired) electrons. The van der Waals surface area contributed by atoms with Crippen LogP contribution in [0.5, 0.6) is 0 Å². The zero-order valence-corrected chi connectivity index (χ0v) is 17.4. The van der Waals surface area contributed by atoms with Crippen molar-refractivity contribution in [1.29, 1.82) is 0 Å². The lowest BCUT2D eigenvalue weighted by Gasteiger charge is -2.10. The molecular formula is C22H17N3O3S2. The lowest BCUT2D eigenvalue weighted by Crippen LogP contribution is -2.21. The molecule has 0 unspecified atom stereocenters. The van der Waals surface area contributed by atoms with Crippen molar-refractivity contribution >= 4 is 51.6 Å². The lowest BCUT2D eigenvalue weighted by molar-refractivity contribution is -0.119. The number of fused-ring (bicyclic) bond motifs is 1. The number of anilines is 1. The van der Waals surface area contributed by atoms with Gasteiger partial charge in [-0.3, -0.25) is 9.78 Å². The zero-order chi connectivity index (χ0) is 20.8. The van der Waals surface area contributed by atoms with Crippen molar-refractivity contribution in [2.24, 2.45) is 0 Å². The number of nitrogens with one attached hydrogen (secondary N) is 1. The highest BCUT2D eigenvalue weighted by Crippen LogP contribution is 2.27. The normalized spacial score (nSPS) is 10.7. The van der Waals surface area contributed by atoms with Gasteiger partial charge in [-0.1, -0.05) is 18.2 Å². The molecule has 30 heavy (non-hydrogen) atoms. The minimum absolute atomic E-state index is 0.374. The Morgan fingerprint density at radius 2 is 1.93 bits per heavy atom. The summed E-state index contributed by atoms with van der Waals surface area (Å²) in [6.07, 6.45) is 1.69. The van der Waals surface area contributed by atoms with Gasteiger partial charge in [0.1, 0.15) is 0 Å². The van der Waals surface area contributed by atoms with Gasteiger partial charge >= 0.3 is 5.97 Å². The van der Waals surface area contributed by atoms with Crippen LogP contribution in [0.3, 0.4) is 0 Å². The van der Waals surface area contributed by atoms with Gasteiger partial charge in [-0.2, -0.15) is 0 Å². The molecule has 2 aromatic carbocycles. The largest absolute Gasteiger partial charge is 0.452 e. The number of thiazole rings is 1. The third-order valence-electron chi connectivity index (χ3n) is 4.22. The zero-order valence-electron chi connectivity index (χ0n) is 15.8. The first-order chi connectivity index (χ1) is 14.7. The van der Waals surface area contributed by atoms with Gasteiger partial charge in [-0.15, -0.1) is 23.1 Å². The molecule has 4 aromatic rings. The lowest BCUT2D eigenvalue weighted by atomic mass is 10.2. The van der Waals surface area contributed by atoms with Crippen LogP contribution in [-0.2, 0) is 15.3 Å². The molecule has 4 rings (SSSR count). The monoisotopic (exact) mass is 435 g/mol. The fourth-order valence-corrected chi connectivity index (χ4v) is 4.44. The minimum Gasteiger partial charge on any atom is -0.452 e. The topological polar surface area (TPSA) is 81.2 Å². The van der Waals surface area contributed by atoms with Crippen molar-refractivity contribution in [1.82, 2.24) is 9.97 Å². The van der Waals surface area contributed by atoms with Crippen molar-refractivity contribution in [3.05, 3.63) is 82.9 Å². The molecule has 0 spiro atoms. The summed E-state index contributed by atoms with van der Waals surface area (Å²) in [4.78, 5) is 34.2. The summed E-state index contributed by atoms with van der Waals surface area (Å²) in [5, 5.41) is 5.58. The van der Waals surface area contributed by atoms with E-state index in [2.05, 4.69) is 15.3 Å². The Labute approximate surface area is 181 Å². The van der Waals surface area contributed by atoms with E-state index in [1.807, 2.05) is 35.7 Å². The second-order valence-electron chi connectivity index (χ2n) is 6.26. The first-order valence-electron chi connectivity index (χ1n) is 9.10. The summed E-state index contributed by atoms with van der Waals surface area (Å²) in [6, 6.07) is 16.3. The van der Waals surface area contributed by atoms with Gasteiger partial charge in [-0.25, -0.2) is 9.78 Å². The molecule has 2 aromatic heterocycles. The quantitative estimate of drug-likeness (QED) is 0.332. The molecule has 0 aliphatic carbocycles. The van der Waals surface area contributed by atoms with E-state index < -0.39 is 11.9 Å². The van der Waals surface area contributed by atoms with Crippen molar-refractivity contribution in [2.75, 3.05) is 11.9 Å². The maximum absolute atomic E-state index is 12.6. The van der Waals surface area contributed by atoms with E-state index in [-0.39, 0.29) is 6.61 Å². The number of carbonyl (C=O) groups is 2. The number of hydrogen-bond donors (Lipinski definition) is 1. The average Bonchev–Trinajstić information content (AvgIpc) is 3.30. The summed E-state index contributed by atoms with van der Waals surface area (Å²) in [5.74, 6) is -0.290. The fourth-order valence-electron chi connectivity index (χ4n) is 2.83. The number of benzene rings is 2. The minimum atomic E-state index is -0.536. The van der Waals surface area contributed by atoms with Crippen LogP contribution in [0.25, 0.3) is 10.9 Å². The second kappa shape index (κ2) is 9.51. The van der Waals surface area contributed by atoms with Crippen LogP contribution >= 0.6 is 23.1 Å². The molecule has 0 fully saturated rings. The van der Waals surface area contributed by atoms with Crippen LogP contribution in [0, 0.1) is 0 Å². The summed E-state index contributed by atoms with van der Waals surface area (Å²) >= 11 is 3.04. The molecule has 0 saturated heterocycles. The molecule has 0 aliphatic heterocycles. The summed E-state index contributed by atoms with van der Waals surface area (Å²) in [7, 11) is 0. The SMILES string of the molecule is O=C(COC(=O)c1ccccc1SCc1cscn1)Nc1cccc2ncccc12. The molecule has 150 valence electrons. The number of rotatable bonds is 7. The number of amides is 1. The maximum Gasteiger partial charge on any atom is 0.339 e. The fraction of sp³-hybridized carbons (Fsp3) is 0.0909. The van der Waals surface area contributed by atoms with Crippen molar-refractivity contribution in [3.63, 3.8) is 0 Å². The molecule has 0 bridgehead atoms. The molecule has 0 atom stereocenters. The number of thioether (sulfide) groups is 1. The van der Waals surface area contributed by atoms with Crippen LogP contribution < -0.4 is 5.32 Å². The van der Waals surface area contributed by atoms with Gasteiger partial charge in [0, 0.05) is 27.6 Å². The van der Waals surface area contributed by atoms with Crippen LogP contribution in [0.2, 0.25) is 0 Å². The number of pyridine rings is 1. The Morgan fingerprint density at radius 3 is 2.80 bits per heavy atom. The third kappa shape index (κ3) is 4.84. The number of hydrogen-bond acceptors (Lipinski definition) is 7. The molecule has 0 aliphatic rings. The van der Waals surface area contributed by atoms with E-state index in [9.17, 15) is 9.59 Å². The molecule has 6 nitrogen and oxygen atoms in total. The highest BCUT2D eigenvalue weighted by atomic mass is 32.2. The van der Waals surface area contributed by atoms with Crippen LogP contribution in [0.4, 0.5) is 5.69 Å². The standard InChI is InChI=1S/C22H17N3O3S2/c26-21(25-19-8-3-7-18-16(19)6-4-10-23-18)11-28-22(27)17-5-1-2-9-20(17)30-13-15-12-29-14-24-15/h1-10,12,14H,11,13H2,(H,25,26). The smallest absolute Gasteiger partial charge is 0.339 e. The van der Waals surface area contributed by atoms with Crippen molar-refractivity contribution < 1.29 is 14.3 Å². The van der Waals surface area contributed by atoms with E-state index in [4.69, 9.17) is 4.74 Å². The van der Waals surface area contributed by atoms with Crippen LogP contribution in [-0.4, -0.2) is 28.5 Å². The molecule has 8 heteroatoms. The number of nitrogens with zero attached hydrogens (tertiary/aromatic N) is 2. The summed E-state index contributed by atoms with van der Waals surface area (Å²) in [5.41, 5.74) is 4.57. The number of ether oxygens (including phenoxy) is 1. The molecule has 1 amide bonds. The predicted molar refractivity (Wildman–Crippen MR) is 119 cm³/mol. The van der Waals surface area contributed by atoms with Gasteiger partial charge in [0.25, 0.3) is 5.91 Å². The Morgan fingerprint density at radius 1 is 1.03 bits per heavy atom. The summed E-state index contributed by atoms with van der Waals surface area (Å²) in [6.45, 7) is -0.374. The highest BCUT2D eigenvalue weighted by Gasteiger charge is 2.15. The Bertz CT molecular complexity index is 1170. The highest BCUT2D eigenvalue weighted by molar-refractivity contribution is 7.98. The van der Waals surface area contributed by atoms with Gasteiger partial charge < -0.3 is 10.1 Å². The van der Waals surface area contributed by atoms with Crippen molar-refractivity contribution in [2.45, 2.75) is 10.6 Å². The van der Waals surface area contributed by atoms with Crippen LogP contribution in [0.1, 0.15) is 16.1 Å². The third-order valence-corrected chi connectivity index (χ3v) is 5.96. The Balaban J connectivity index is 1.38. The van der Waals surface area contributed by atoms with E-state index in [0.717, 1.165) is 21.5 Å². The van der Waals surface area contributed by atoms with E-state index in [1.54, 1.807) is 36.0 Å². The summed E-state index contributed by atoms with van der Waals surface area (Å²) < 4.78 is 5.26. The van der Waals surface area contributed by atoms with E-state index in [1.165, 1.54) is 23.1 Å². The predicted octanol–water partition coefficient (Wildman–Crippen LogP) is 4.78. The molecule has 0 saturated carbocycles. The first kappa shape index (κ1) is 20.1. The van der Waals surface area contributed by atoms with Gasteiger partial charge in [0.05, 0.1) is 28.0 Å². The van der Waals surface area contributed by atoms with Gasteiger partial charge in [0.2, 0.25) is 0 Å². The number of carbonyl (C=O) groups excluding carboxylic acids is 2. The van der Waals surface area contributed by atoms with E-state index in [0.29, 0.717) is 17.0 Å². The van der Waals surface area contributed by atoms with Gasteiger partial charge in [0.15, 0.2) is 6.61 Å². The molecule has 1 N–H and O–H groups in total. The number of aromatic nitrogens is 2.